The van der Waals surface area contributed by atoms with Gasteiger partial charge in [0.1, 0.15) is 18.4 Å². The number of nitrogens with zero attached hydrogens (tertiary/aromatic N) is 3. The summed E-state index contributed by atoms with van der Waals surface area (Å²) in [5, 5.41) is 10.7. The van der Waals surface area contributed by atoms with Gasteiger partial charge in [0.15, 0.2) is 23.0 Å². The van der Waals surface area contributed by atoms with Gasteiger partial charge in [-0.25, -0.2) is 0 Å². The smallest absolute Gasteiger partial charge is 0.306 e. The zero-order valence-corrected chi connectivity index (χ0v) is 27.7. The van der Waals surface area contributed by atoms with E-state index in [0.29, 0.717) is 42.3 Å². The van der Waals surface area contributed by atoms with Crippen LogP contribution in [0.5, 0.6) is 28.7 Å². The van der Waals surface area contributed by atoms with Gasteiger partial charge < -0.3 is 33.3 Å². The van der Waals surface area contributed by atoms with Crippen molar-refractivity contribution in [3.63, 3.8) is 0 Å². The molecule has 0 saturated carbocycles. The minimum atomic E-state index is -0.506. The number of methoxy groups -OCH3 is 5. The van der Waals surface area contributed by atoms with Crippen molar-refractivity contribution in [2.45, 2.75) is 49.9 Å². The number of fused-ring (bicyclic) bond motifs is 3. The number of rotatable bonds is 11. The fraction of sp³-hybridized carbons (Fsp3) is 0.444. The Balaban J connectivity index is 1.55. The second kappa shape index (κ2) is 14.3. The third kappa shape index (κ3) is 6.43. The predicted molar refractivity (Wildman–Crippen MR) is 173 cm³/mol. The van der Waals surface area contributed by atoms with Crippen LogP contribution in [0, 0.1) is 11.3 Å². The lowest BCUT2D eigenvalue weighted by Crippen LogP contribution is -2.54. The van der Waals surface area contributed by atoms with Crippen LogP contribution >= 0.6 is 0 Å². The highest BCUT2D eigenvalue weighted by molar-refractivity contribution is 5.70. The van der Waals surface area contributed by atoms with E-state index >= 15 is 0 Å². The van der Waals surface area contributed by atoms with Gasteiger partial charge in [0.2, 0.25) is 0 Å². The average molecular weight is 630 g/mol. The molecule has 0 saturated heterocycles. The number of carbonyl (C=O) groups excluding carboxylic acids is 1. The molecule has 2 aliphatic rings. The van der Waals surface area contributed by atoms with Crippen molar-refractivity contribution in [1.82, 2.24) is 9.80 Å². The molecule has 3 aromatic rings. The van der Waals surface area contributed by atoms with E-state index in [4.69, 9.17) is 28.4 Å². The van der Waals surface area contributed by atoms with Gasteiger partial charge in [-0.1, -0.05) is 12.1 Å². The first kappa shape index (κ1) is 32.9. The number of carbonyl (C=O) groups is 1. The van der Waals surface area contributed by atoms with Crippen LogP contribution in [0.15, 0.2) is 48.5 Å². The van der Waals surface area contributed by atoms with E-state index in [1.807, 2.05) is 62.6 Å². The highest BCUT2D eigenvalue weighted by Gasteiger charge is 2.47. The number of hydrogen-bond donors (Lipinski definition) is 0. The molecule has 0 N–H and O–H groups in total. The van der Waals surface area contributed by atoms with Gasteiger partial charge in [-0.15, -0.1) is 0 Å². The molecule has 3 aromatic carbocycles. The van der Waals surface area contributed by atoms with Crippen LogP contribution in [0.2, 0.25) is 0 Å². The first-order valence-electron chi connectivity index (χ1n) is 15.4. The molecule has 0 aliphatic carbocycles. The van der Waals surface area contributed by atoms with Crippen molar-refractivity contribution in [3.05, 3.63) is 76.3 Å². The molecule has 0 fully saturated rings. The monoisotopic (exact) mass is 629 g/mol. The third-order valence-corrected chi connectivity index (χ3v) is 9.14. The summed E-state index contributed by atoms with van der Waals surface area (Å²) in [5.74, 6) is 2.91. The standard InChI is InChI=1S/C36H43N3O7/c1-38(2)36-28-19-34(45-7)31(42-4)16-23(28)14-25(20-37)39-29(36)15-24-17-32(43-5)33(44-6)18-27(24)30(39)21-46-35(40)12-11-22-9-8-10-26(13-22)41-3/h8-10,13,16-19,25,29-30,36H,11-12,14-15,21H2,1-7H3/t25-,29?,30+,36-/m1/s1. The summed E-state index contributed by atoms with van der Waals surface area (Å²) in [6, 6.07) is 17.1. The Morgan fingerprint density at radius 3 is 2.04 bits per heavy atom. The van der Waals surface area contributed by atoms with Crippen LogP contribution in [0.3, 0.4) is 0 Å². The molecule has 0 aromatic heterocycles. The molecule has 4 atom stereocenters. The van der Waals surface area contributed by atoms with E-state index in [1.54, 1.807) is 35.5 Å². The fourth-order valence-electron chi connectivity index (χ4n) is 7.01. The molecule has 10 heteroatoms. The van der Waals surface area contributed by atoms with E-state index in [0.717, 1.165) is 33.6 Å². The van der Waals surface area contributed by atoms with E-state index in [2.05, 4.69) is 15.9 Å². The maximum atomic E-state index is 13.2. The fourth-order valence-corrected chi connectivity index (χ4v) is 7.01. The number of benzene rings is 3. The SMILES string of the molecule is COc1cccc(CCC(=O)OC[C@H]2c3cc(OC)c(OC)cc3CC3[C@H](N(C)C)c4cc(OC)c(OC)cc4C[C@H](C#N)N32)c1. The molecule has 0 bridgehead atoms. The lowest BCUT2D eigenvalue weighted by atomic mass is 9.82. The molecule has 0 amide bonds. The number of hydrogen-bond acceptors (Lipinski definition) is 10. The summed E-state index contributed by atoms with van der Waals surface area (Å²) < 4.78 is 34.1. The van der Waals surface area contributed by atoms with Crippen LogP contribution in [-0.4, -0.2) is 84.1 Å². The Labute approximate surface area is 271 Å². The molecule has 5 rings (SSSR count). The highest BCUT2D eigenvalue weighted by Crippen LogP contribution is 2.48. The topological polar surface area (TPSA) is 103 Å². The van der Waals surface area contributed by atoms with Gasteiger partial charge in [0.25, 0.3) is 0 Å². The first-order valence-corrected chi connectivity index (χ1v) is 15.4. The van der Waals surface area contributed by atoms with Crippen LogP contribution in [-0.2, 0) is 28.8 Å². The van der Waals surface area contributed by atoms with Gasteiger partial charge in [0.05, 0.1) is 53.7 Å². The average Bonchev–Trinajstić information content (AvgIpc) is 3.21. The van der Waals surface area contributed by atoms with Crippen molar-refractivity contribution in [2.75, 3.05) is 56.3 Å². The number of nitriles is 1. The van der Waals surface area contributed by atoms with Gasteiger partial charge in [-0.3, -0.25) is 9.69 Å². The molecule has 244 valence electrons. The Hall–Kier alpha value is -4.46. The molecule has 46 heavy (non-hydrogen) atoms. The van der Waals surface area contributed by atoms with Crippen molar-refractivity contribution in [3.8, 4) is 34.8 Å². The van der Waals surface area contributed by atoms with Crippen molar-refractivity contribution in [1.29, 1.82) is 5.26 Å². The molecule has 0 spiro atoms. The van der Waals surface area contributed by atoms with Crippen LogP contribution in [0.4, 0.5) is 0 Å². The summed E-state index contributed by atoms with van der Waals surface area (Å²) in [7, 11) is 12.2. The van der Waals surface area contributed by atoms with Gasteiger partial charge in [0, 0.05) is 18.9 Å². The molecule has 2 heterocycles. The molecule has 2 aliphatic heterocycles. The molecule has 1 unspecified atom stereocenters. The minimum absolute atomic E-state index is 0.0806. The number of ether oxygens (including phenoxy) is 6. The van der Waals surface area contributed by atoms with Gasteiger partial charge in [-0.05, 0) is 91.2 Å². The summed E-state index contributed by atoms with van der Waals surface area (Å²) in [4.78, 5) is 17.6. The Kier molecular flexibility index (Phi) is 10.2. The molecular formula is C36H43N3O7. The normalized spacial score (nSPS) is 20.3. The highest BCUT2D eigenvalue weighted by atomic mass is 16.5. The Bertz CT molecular complexity index is 1600. The van der Waals surface area contributed by atoms with Crippen LogP contribution < -0.4 is 23.7 Å². The largest absolute Gasteiger partial charge is 0.497 e. The lowest BCUT2D eigenvalue weighted by molar-refractivity contribution is -0.146. The first-order chi connectivity index (χ1) is 22.3. The Morgan fingerprint density at radius 1 is 0.848 bits per heavy atom. The van der Waals surface area contributed by atoms with Crippen molar-refractivity contribution < 1.29 is 33.2 Å². The van der Waals surface area contributed by atoms with E-state index < -0.39 is 12.1 Å². The maximum Gasteiger partial charge on any atom is 0.306 e. The van der Waals surface area contributed by atoms with E-state index in [1.165, 1.54) is 0 Å². The number of likely N-dealkylation sites (N-methyl/N-ethyl adjacent to an activating group) is 1. The zero-order chi connectivity index (χ0) is 33.0. The number of aryl methyl sites for hydroxylation is 1. The Morgan fingerprint density at radius 2 is 1.46 bits per heavy atom. The van der Waals surface area contributed by atoms with E-state index in [-0.39, 0.29) is 31.1 Å². The maximum absolute atomic E-state index is 13.2. The summed E-state index contributed by atoms with van der Waals surface area (Å²) in [5.41, 5.74) is 5.10. The summed E-state index contributed by atoms with van der Waals surface area (Å²) in [6.07, 6.45) is 1.85. The van der Waals surface area contributed by atoms with Crippen molar-refractivity contribution >= 4 is 5.97 Å². The van der Waals surface area contributed by atoms with Crippen LogP contribution in [0.25, 0.3) is 0 Å². The lowest BCUT2D eigenvalue weighted by Gasteiger charge is -2.48. The van der Waals surface area contributed by atoms with E-state index in [9.17, 15) is 10.1 Å². The molecule has 10 nitrogen and oxygen atoms in total. The molecular weight excluding hydrogens is 586 g/mol. The zero-order valence-electron chi connectivity index (χ0n) is 27.7. The van der Waals surface area contributed by atoms with Gasteiger partial charge in [-0.2, -0.15) is 5.26 Å². The van der Waals surface area contributed by atoms with Crippen LogP contribution in [0.1, 0.15) is 46.3 Å². The predicted octanol–water partition coefficient (Wildman–Crippen LogP) is 4.92. The van der Waals surface area contributed by atoms with Crippen molar-refractivity contribution in [2.24, 2.45) is 0 Å². The summed E-state index contributed by atoms with van der Waals surface area (Å²) >= 11 is 0. The van der Waals surface area contributed by atoms with Gasteiger partial charge >= 0.3 is 5.97 Å². The number of esters is 1. The second-order valence-electron chi connectivity index (χ2n) is 11.8. The quantitative estimate of drug-likeness (QED) is 0.272. The minimum Gasteiger partial charge on any atom is -0.497 e. The molecule has 0 radical (unpaired) electrons. The third-order valence-electron chi connectivity index (χ3n) is 9.14. The second-order valence-corrected chi connectivity index (χ2v) is 11.8. The summed E-state index contributed by atoms with van der Waals surface area (Å²) in [6.45, 7) is 0.0806.